The van der Waals surface area contributed by atoms with Gasteiger partial charge in [0.1, 0.15) is 12.7 Å². The fourth-order valence-electron chi connectivity index (χ4n) is 2.36. The van der Waals surface area contributed by atoms with Gasteiger partial charge in [-0.15, -0.1) is 0 Å². The van der Waals surface area contributed by atoms with Crippen molar-refractivity contribution in [3.05, 3.63) is 42.5 Å². The van der Waals surface area contributed by atoms with Gasteiger partial charge in [-0.1, -0.05) is 0 Å². The molecule has 2 heterocycles. The number of nitrogens with zero attached hydrogens (tertiary/aromatic N) is 5. The molecular formula is C14H17N5O3S. The Kier molecular flexibility index (Phi) is 3.90. The van der Waals surface area contributed by atoms with Crippen molar-refractivity contribution in [2.75, 3.05) is 27.2 Å². The molecule has 0 bridgehead atoms. The van der Waals surface area contributed by atoms with E-state index in [1.54, 1.807) is 28.0 Å². The lowest BCUT2D eigenvalue weighted by Crippen LogP contribution is -2.50. The first-order chi connectivity index (χ1) is 10.9. The molecule has 1 aromatic carbocycles. The fraction of sp³-hybridized carbons (Fsp3) is 0.357. The molecule has 0 saturated carbocycles. The maximum atomic E-state index is 12.4. The Labute approximate surface area is 134 Å². The van der Waals surface area contributed by atoms with E-state index in [1.807, 2.05) is 0 Å². The summed E-state index contributed by atoms with van der Waals surface area (Å²) in [5.74, 6) is -0.116. The minimum absolute atomic E-state index is 0.116. The van der Waals surface area contributed by atoms with E-state index in [2.05, 4.69) is 10.1 Å². The number of hydrogen-bond donors (Lipinski definition) is 0. The molecule has 3 rings (SSSR count). The Balaban J connectivity index is 1.68. The SMILES string of the molecule is CN(C)S(=O)(=O)c1ccc(C(=O)N2CC(n3cncn3)C2)cc1. The number of likely N-dealkylation sites (tertiary alicyclic amines) is 1. The average Bonchev–Trinajstić information content (AvgIpc) is 2.99. The summed E-state index contributed by atoms with van der Waals surface area (Å²) in [6.07, 6.45) is 3.10. The lowest BCUT2D eigenvalue weighted by atomic mass is 10.1. The zero-order valence-electron chi connectivity index (χ0n) is 12.8. The number of rotatable bonds is 4. The normalized spacial score (nSPS) is 15.7. The molecule has 1 saturated heterocycles. The second kappa shape index (κ2) is 5.74. The van der Waals surface area contributed by atoms with Gasteiger partial charge < -0.3 is 4.90 Å². The summed E-state index contributed by atoms with van der Waals surface area (Å²) in [5, 5.41) is 4.06. The highest BCUT2D eigenvalue weighted by Gasteiger charge is 2.33. The number of aromatic nitrogens is 3. The van der Waals surface area contributed by atoms with Crippen molar-refractivity contribution >= 4 is 15.9 Å². The zero-order chi connectivity index (χ0) is 16.6. The largest absolute Gasteiger partial charge is 0.334 e. The van der Waals surface area contributed by atoms with E-state index in [-0.39, 0.29) is 16.8 Å². The first-order valence-electron chi connectivity index (χ1n) is 7.05. The standard InChI is InChI=1S/C14H17N5O3S/c1-17(2)23(21,22)13-5-3-11(4-6-13)14(20)18-7-12(8-18)19-10-15-9-16-19/h3-6,9-10,12H,7-8H2,1-2H3. The number of hydrogen-bond acceptors (Lipinski definition) is 5. The molecule has 1 fully saturated rings. The minimum Gasteiger partial charge on any atom is -0.334 e. The number of benzene rings is 1. The van der Waals surface area contributed by atoms with Crippen LogP contribution in [0.15, 0.2) is 41.8 Å². The molecule has 2 aromatic rings. The third-order valence-corrected chi connectivity index (χ3v) is 5.67. The maximum Gasteiger partial charge on any atom is 0.254 e. The van der Waals surface area contributed by atoms with Crippen LogP contribution in [0, 0.1) is 0 Å². The first kappa shape index (κ1) is 15.6. The summed E-state index contributed by atoms with van der Waals surface area (Å²) >= 11 is 0. The monoisotopic (exact) mass is 335 g/mol. The molecule has 9 heteroatoms. The highest BCUT2D eigenvalue weighted by Crippen LogP contribution is 2.23. The van der Waals surface area contributed by atoms with Crippen molar-refractivity contribution < 1.29 is 13.2 Å². The van der Waals surface area contributed by atoms with Gasteiger partial charge in [0.05, 0.1) is 10.9 Å². The number of carbonyl (C=O) groups is 1. The predicted octanol–water partition coefficient (Wildman–Crippen LogP) is 0.225. The van der Waals surface area contributed by atoms with Crippen LogP contribution in [-0.2, 0) is 10.0 Å². The third-order valence-electron chi connectivity index (χ3n) is 3.84. The van der Waals surface area contributed by atoms with E-state index in [9.17, 15) is 13.2 Å². The predicted molar refractivity (Wildman–Crippen MR) is 82.3 cm³/mol. The average molecular weight is 335 g/mol. The topological polar surface area (TPSA) is 88.4 Å². The molecule has 122 valence electrons. The van der Waals surface area contributed by atoms with Gasteiger partial charge >= 0.3 is 0 Å². The van der Waals surface area contributed by atoms with Gasteiger partial charge in [-0.3, -0.25) is 4.79 Å². The molecular weight excluding hydrogens is 318 g/mol. The summed E-state index contributed by atoms with van der Waals surface area (Å²) in [4.78, 5) is 18.1. The smallest absolute Gasteiger partial charge is 0.254 e. The molecule has 1 aromatic heterocycles. The van der Waals surface area contributed by atoms with Crippen molar-refractivity contribution in [3.8, 4) is 0 Å². The third kappa shape index (κ3) is 2.84. The summed E-state index contributed by atoms with van der Waals surface area (Å²) in [5.41, 5.74) is 0.472. The van der Waals surface area contributed by atoms with Crippen LogP contribution in [0.2, 0.25) is 0 Å². The molecule has 0 spiro atoms. The van der Waals surface area contributed by atoms with E-state index < -0.39 is 10.0 Å². The van der Waals surface area contributed by atoms with Crippen molar-refractivity contribution in [3.63, 3.8) is 0 Å². The van der Waals surface area contributed by atoms with E-state index in [4.69, 9.17) is 0 Å². The van der Waals surface area contributed by atoms with Crippen molar-refractivity contribution in [2.45, 2.75) is 10.9 Å². The Hall–Kier alpha value is -2.26. The summed E-state index contributed by atoms with van der Waals surface area (Å²) in [7, 11) is -0.538. The quantitative estimate of drug-likeness (QED) is 0.798. The summed E-state index contributed by atoms with van der Waals surface area (Å²) in [6, 6.07) is 6.15. The molecule has 23 heavy (non-hydrogen) atoms. The van der Waals surface area contributed by atoms with Gasteiger partial charge in [-0.2, -0.15) is 5.10 Å². The summed E-state index contributed by atoms with van der Waals surface area (Å²) in [6.45, 7) is 1.14. The van der Waals surface area contributed by atoms with Crippen LogP contribution in [0.1, 0.15) is 16.4 Å². The summed E-state index contributed by atoms with van der Waals surface area (Å²) < 4.78 is 26.9. The Bertz CT molecular complexity index is 793. The van der Waals surface area contributed by atoms with Gasteiger partial charge in [-0.25, -0.2) is 22.4 Å². The van der Waals surface area contributed by atoms with Crippen LogP contribution < -0.4 is 0 Å². The van der Waals surface area contributed by atoms with E-state index in [1.165, 1.54) is 32.6 Å². The van der Waals surface area contributed by atoms with Crippen LogP contribution in [0.25, 0.3) is 0 Å². The molecule has 1 aliphatic heterocycles. The second-order valence-corrected chi connectivity index (χ2v) is 7.70. The van der Waals surface area contributed by atoms with Crippen LogP contribution in [0.5, 0.6) is 0 Å². The van der Waals surface area contributed by atoms with Gasteiger partial charge in [0.25, 0.3) is 5.91 Å². The Morgan fingerprint density at radius 3 is 2.39 bits per heavy atom. The van der Waals surface area contributed by atoms with Gasteiger partial charge in [0.15, 0.2) is 0 Å². The minimum atomic E-state index is -3.48. The van der Waals surface area contributed by atoms with Crippen molar-refractivity contribution in [2.24, 2.45) is 0 Å². The molecule has 8 nitrogen and oxygen atoms in total. The van der Waals surface area contributed by atoms with Crippen molar-refractivity contribution in [1.82, 2.24) is 24.0 Å². The van der Waals surface area contributed by atoms with Crippen LogP contribution in [-0.4, -0.2) is 65.5 Å². The van der Waals surface area contributed by atoms with Crippen molar-refractivity contribution in [1.29, 1.82) is 0 Å². The lowest BCUT2D eigenvalue weighted by molar-refractivity contribution is 0.0501. The Morgan fingerprint density at radius 2 is 1.87 bits per heavy atom. The fourth-order valence-corrected chi connectivity index (χ4v) is 3.26. The molecule has 0 radical (unpaired) electrons. The van der Waals surface area contributed by atoms with Gasteiger partial charge in [0.2, 0.25) is 10.0 Å². The highest BCUT2D eigenvalue weighted by molar-refractivity contribution is 7.89. The second-order valence-electron chi connectivity index (χ2n) is 5.55. The number of carbonyl (C=O) groups excluding carboxylic acids is 1. The maximum absolute atomic E-state index is 12.4. The molecule has 0 aliphatic carbocycles. The van der Waals surface area contributed by atoms with Crippen LogP contribution in [0.3, 0.4) is 0 Å². The van der Waals surface area contributed by atoms with Gasteiger partial charge in [0, 0.05) is 32.7 Å². The zero-order valence-corrected chi connectivity index (χ0v) is 13.6. The van der Waals surface area contributed by atoms with E-state index in [0.29, 0.717) is 18.7 Å². The molecule has 1 aliphatic rings. The molecule has 0 unspecified atom stereocenters. The number of sulfonamides is 1. The molecule has 0 N–H and O–H groups in total. The van der Waals surface area contributed by atoms with Crippen LogP contribution >= 0.6 is 0 Å². The lowest BCUT2D eigenvalue weighted by Gasteiger charge is -2.38. The van der Waals surface area contributed by atoms with E-state index >= 15 is 0 Å². The number of amides is 1. The molecule has 0 atom stereocenters. The van der Waals surface area contributed by atoms with E-state index in [0.717, 1.165) is 4.31 Å². The van der Waals surface area contributed by atoms with Crippen LogP contribution in [0.4, 0.5) is 0 Å². The first-order valence-corrected chi connectivity index (χ1v) is 8.49. The Morgan fingerprint density at radius 1 is 1.22 bits per heavy atom. The highest BCUT2D eigenvalue weighted by atomic mass is 32.2. The van der Waals surface area contributed by atoms with Gasteiger partial charge in [-0.05, 0) is 24.3 Å². The molecule has 1 amide bonds.